The van der Waals surface area contributed by atoms with Crippen molar-refractivity contribution < 1.29 is 9.00 Å². The Morgan fingerprint density at radius 3 is 2.33 bits per heavy atom. The van der Waals surface area contributed by atoms with Crippen molar-refractivity contribution in [1.82, 2.24) is 4.90 Å². The number of carbonyl (C=O) groups is 1. The molecule has 0 aromatic carbocycles. The van der Waals surface area contributed by atoms with Gasteiger partial charge in [0.05, 0.1) is 0 Å². The first kappa shape index (κ1) is 15.6. The summed E-state index contributed by atoms with van der Waals surface area (Å²) in [6.45, 7) is 5.38. The van der Waals surface area contributed by atoms with Crippen LogP contribution >= 0.6 is 0 Å². The molecule has 0 saturated carbocycles. The molecule has 0 bridgehead atoms. The van der Waals surface area contributed by atoms with Gasteiger partial charge in [-0.2, -0.15) is 0 Å². The minimum absolute atomic E-state index is 0.0403. The third kappa shape index (κ3) is 4.69. The molecule has 3 unspecified atom stereocenters. The highest BCUT2D eigenvalue weighted by atomic mass is 32.2. The third-order valence-corrected chi connectivity index (χ3v) is 5.31. The normalized spacial score (nSPS) is 22.1. The van der Waals surface area contributed by atoms with E-state index >= 15 is 0 Å². The van der Waals surface area contributed by atoms with Crippen LogP contribution in [0.15, 0.2) is 0 Å². The zero-order chi connectivity index (χ0) is 13.5. The molecular formula is C13H26N2O2S. The summed E-state index contributed by atoms with van der Waals surface area (Å²) in [4.78, 5) is 14.1. The molecule has 1 saturated heterocycles. The maximum Gasteiger partial charge on any atom is 0.238 e. The van der Waals surface area contributed by atoms with Gasteiger partial charge >= 0.3 is 0 Å². The zero-order valence-corrected chi connectivity index (χ0v) is 12.4. The van der Waals surface area contributed by atoms with Crippen molar-refractivity contribution in [1.29, 1.82) is 0 Å². The maximum atomic E-state index is 12.3. The Balaban J connectivity index is 2.50. The zero-order valence-electron chi connectivity index (χ0n) is 11.6. The van der Waals surface area contributed by atoms with E-state index in [0.717, 1.165) is 32.4 Å². The molecule has 3 atom stereocenters. The van der Waals surface area contributed by atoms with Gasteiger partial charge in [-0.05, 0) is 26.2 Å². The molecule has 18 heavy (non-hydrogen) atoms. The SMILES string of the molecule is CCC(N)CS(=O)C(C)C(=O)N1CCCCCC1. The van der Waals surface area contributed by atoms with E-state index in [1.807, 2.05) is 11.8 Å². The van der Waals surface area contributed by atoms with Crippen LogP contribution in [0.1, 0.15) is 46.0 Å². The average molecular weight is 274 g/mol. The second-order valence-electron chi connectivity index (χ2n) is 5.10. The molecule has 1 aliphatic rings. The lowest BCUT2D eigenvalue weighted by Crippen LogP contribution is -2.42. The molecule has 106 valence electrons. The van der Waals surface area contributed by atoms with Crippen molar-refractivity contribution >= 4 is 16.7 Å². The van der Waals surface area contributed by atoms with Gasteiger partial charge in [0.15, 0.2) is 0 Å². The molecule has 0 aliphatic carbocycles. The summed E-state index contributed by atoms with van der Waals surface area (Å²) in [7, 11) is -1.15. The first-order valence-electron chi connectivity index (χ1n) is 6.97. The Morgan fingerprint density at radius 2 is 1.83 bits per heavy atom. The van der Waals surface area contributed by atoms with Crippen molar-refractivity contribution in [2.45, 2.75) is 57.2 Å². The molecule has 0 aromatic rings. The molecule has 1 fully saturated rings. The lowest BCUT2D eigenvalue weighted by molar-refractivity contribution is -0.130. The lowest BCUT2D eigenvalue weighted by atomic mass is 10.2. The molecular weight excluding hydrogens is 248 g/mol. The summed E-state index contributed by atoms with van der Waals surface area (Å²) >= 11 is 0. The summed E-state index contributed by atoms with van der Waals surface area (Å²) < 4.78 is 12.1. The monoisotopic (exact) mass is 274 g/mol. The maximum absolute atomic E-state index is 12.3. The predicted octanol–water partition coefficient (Wildman–Crippen LogP) is 1.26. The number of hydrogen-bond acceptors (Lipinski definition) is 3. The molecule has 0 radical (unpaired) electrons. The largest absolute Gasteiger partial charge is 0.342 e. The molecule has 5 heteroatoms. The molecule has 0 aromatic heterocycles. The number of nitrogens with zero attached hydrogens (tertiary/aromatic N) is 1. The Labute approximate surface area is 113 Å². The number of hydrogen-bond donors (Lipinski definition) is 1. The van der Waals surface area contributed by atoms with Crippen LogP contribution in [0.5, 0.6) is 0 Å². The molecule has 1 rings (SSSR count). The Kier molecular flexibility index (Phi) is 6.86. The highest BCUT2D eigenvalue weighted by Gasteiger charge is 2.26. The summed E-state index contributed by atoms with van der Waals surface area (Å²) in [6.07, 6.45) is 5.33. The van der Waals surface area contributed by atoms with Crippen LogP contribution in [0, 0.1) is 0 Å². The highest BCUT2D eigenvalue weighted by molar-refractivity contribution is 7.86. The van der Waals surface area contributed by atoms with Crippen molar-refractivity contribution in [3.05, 3.63) is 0 Å². The van der Waals surface area contributed by atoms with Crippen LogP contribution in [-0.4, -0.2) is 45.2 Å². The van der Waals surface area contributed by atoms with E-state index in [4.69, 9.17) is 5.73 Å². The number of amides is 1. The average Bonchev–Trinajstić information content (AvgIpc) is 2.65. The van der Waals surface area contributed by atoms with E-state index in [1.54, 1.807) is 6.92 Å². The van der Waals surface area contributed by atoms with E-state index in [1.165, 1.54) is 12.8 Å². The third-order valence-electron chi connectivity index (χ3n) is 3.56. The molecule has 4 nitrogen and oxygen atoms in total. The minimum Gasteiger partial charge on any atom is -0.342 e. The quantitative estimate of drug-likeness (QED) is 0.821. The minimum atomic E-state index is -1.15. The van der Waals surface area contributed by atoms with Crippen LogP contribution in [0.4, 0.5) is 0 Å². The molecule has 1 aliphatic heterocycles. The van der Waals surface area contributed by atoms with Gasteiger partial charge in [-0.1, -0.05) is 19.8 Å². The Bertz CT molecular complexity index is 289. The topological polar surface area (TPSA) is 63.4 Å². The van der Waals surface area contributed by atoms with Crippen molar-refractivity contribution in [3.8, 4) is 0 Å². The van der Waals surface area contributed by atoms with E-state index < -0.39 is 16.0 Å². The van der Waals surface area contributed by atoms with E-state index in [9.17, 15) is 9.00 Å². The first-order valence-corrected chi connectivity index (χ1v) is 8.36. The van der Waals surface area contributed by atoms with Gasteiger partial charge in [-0.3, -0.25) is 9.00 Å². The fourth-order valence-corrected chi connectivity index (χ4v) is 3.45. The van der Waals surface area contributed by atoms with E-state index in [-0.39, 0.29) is 11.9 Å². The number of nitrogens with two attached hydrogens (primary N) is 1. The van der Waals surface area contributed by atoms with Crippen molar-refractivity contribution in [2.24, 2.45) is 5.73 Å². The standard InChI is InChI=1S/C13H26N2O2S/c1-3-12(14)10-18(17)11(2)13(16)15-8-6-4-5-7-9-15/h11-12H,3-10,14H2,1-2H3. The van der Waals surface area contributed by atoms with Gasteiger partial charge in [-0.15, -0.1) is 0 Å². The lowest BCUT2D eigenvalue weighted by Gasteiger charge is -2.24. The highest BCUT2D eigenvalue weighted by Crippen LogP contribution is 2.13. The van der Waals surface area contributed by atoms with Gasteiger partial charge in [-0.25, -0.2) is 0 Å². The summed E-state index contributed by atoms with van der Waals surface area (Å²) in [5.41, 5.74) is 5.80. The summed E-state index contributed by atoms with van der Waals surface area (Å²) in [5, 5.41) is -0.416. The van der Waals surface area contributed by atoms with E-state index in [0.29, 0.717) is 5.75 Å². The fourth-order valence-electron chi connectivity index (χ4n) is 2.13. The Morgan fingerprint density at radius 1 is 1.28 bits per heavy atom. The second kappa shape index (κ2) is 7.89. The molecule has 0 spiro atoms. The van der Waals surface area contributed by atoms with Gasteiger partial charge < -0.3 is 10.6 Å². The van der Waals surface area contributed by atoms with Crippen molar-refractivity contribution in [2.75, 3.05) is 18.8 Å². The fraction of sp³-hybridized carbons (Fsp3) is 0.923. The van der Waals surface area contributed by atoms with Crippen LogP contribution < -0.4 is 5.73 Å². The van der Waals surface area contributed by atoms with Crippen LogP contribution in [0.3, 0.4) is 0 Å². The van der Waals surface area contributed by atoms with Crippen LogP contribution in [0.2, 0.25) is 0 Å². The van der Waals surface area contributed by atoms with E-state index in [2.05, 4.69) is 0 Å². The van der Waals surface area contributed by atoms with Gasteiger partial charge in [0.1, 0.15) is 5.25 Å². The first-order chi connectivity index (χ1) is 8.56. The van der Waals surface area contributed by atoms with Gasteiger partial charge in [0.25, 0.3) is 0 Å². The number of likely N-dealkylation sites (tertiary alicyclic amines) is 1. The summed E-state index contributed by atoms with van der Waals surface area (Å²) in [5.74, 6) is 0.468. The van der Waals surface area contributed by atoms with Crippen molar-refractivity contribution in [3.63, 3.8) is 0 Å². The smallest absolute Gasteiger partial charge is 0.238 e. The Hall–Kier alpha value is -0.420. The molecule has 1 heterocycles. The summed E-state index contributed by atoms with van der Waals surface area (Å²) in [6, 6.07) is -0.0646. The predicted molar refractivity (Wildman–Crippen MR) is 75.8 cm³/mol. The van der Waals surface area contributed by atoms with Crippen LogP contribution in [-0.2, 0) is 15.6 Å². The van der Waals surface area contributed by atoms with Gasteiger partial charge in [0.2, 0.25) is 5.91 Å². The number of rotatable bonds is 5. The number of carbonyl (C=O) groups excluding carboxylic acids is 1. The molecule has 2 N–H and O–H groups in total. The van der Waals surface area contributed by atoms with Gasteiger partial charge in [0, 0.05) is 35.7 Å². The van der Waals surface area contributed by atoms with Crippen LogP contribution in [0.25, 0.3) is 0 Å². The second-order valence-corrected chi connectivity index (χ2v) is 6.90. The molecule has 1 amide bonds.